The number of fused-ring (bicyclic) bond motifs is 2. The average molecular weight is 463 g/mol. The van der Waals surface area contributed by atoms with Crippen LogP contribution in [0.25, 0.3) is 5.78 Å². The van der Waals surface area contributed by atoms with Crippen LogP contribution in [0.3, 0.4) is 0 Å². The fourth-order valence-electron chi connectivity index (χ4n) is 4.91. The molecule has 8 heteroatoms. The lowest BCUT2D eigenvalue weighted by Gasteiger charge is -2.37. The number of rotatable bonds is 4. The maximum Gasteiger partial charge on any atom is 0.254 e. The quantitative estimate of drug-likeness (QED) is 0.452. The first-order valence-electron chi connectivity index (χ1n) is 11.4. The summed E-state index contributed by atoms with van der Waals surface area (Å²) < 4.78 is 15.3. The average Bonchev–Trinajstić information content (AvgIpc) is 3.46. The third-order valence-electron chi connectivity index (χ3n) is 6.57. The summed E-state index contributed by atoms with van der Waals surface area (Å²) in [6.07, 6.45) is 3.78. The van der Waals surface area contributed by atoms with Gasteiger partial charge in [0, 0.05) is 48.9 Å². The molecule has 33 heavy (non-hydrogen) atoms. The van der Waals surface area contributed by atoms with E-state index in [1.54, 1.807) is 0 Å². The minimum atomic E-state index is -0.201. The summed E-state index contributed by atoms with van der Waals surface area (Å²) in [6, 6.07) is 14.6. The first kappa shape index (κ1) is 20.4. The zero-order valence-electron chi connectivity index (χ0n) is 18.2. The number of nitrogens with zero attached hydrogens (tertiary/aromatic N) is 6. The Balaban J connectivity index is 1.30. The van der Waals surface area contributed by atoms with E-state index < -0.39 is 0 Å². The van der Waals surface area contributed by atoms with E-state index in [9.17, 15) is 4.39 Å². The van der Waals surface area contributed by atoms with Crippen LogP contribution in [0.15, 0.2) is 48.5 Å². The van der Waals surface area contributed by atoms with Gasteiger partial charge in [0.1, 0.15) is 11.6 Å². The lowest BCUT2D eigenvalue weighted by molar-refractivity contribution is 0.622. The molecule has 0 radical (unpaired) electrons. The van der Waals surface area contributed by atoms with Crippen molar-refractivity contribution in [2.45, 2.75) is 25.7 Å². The van der Waals surface area contributed by atoms with Crippen molar-refractivity contribution >= 4 is 28.9 Å². The lowest BCUT2D eigenvalue weighted by Crippen LogP contribution is -2.47. The Morgan fingerprint density at radius 3 is 2.33 bits per heavy atom. The Kier molecular flexibility index (Phi) is 5.14. The molecule has 6 nitrogen and oxygen atoms in total. The molecule has 1 fully saturated rings. The van der Waals surface area contributed by atoms with Crippen LogP contribution in [0.5, 0.6) is 0 Å². The molecule has 0 bridgehead atoms. The van der Waals surface area contributed by atoms with Crippen LogP contribution >= 0.6 is 11.6 Å². The van der Waals surface area contributed by atoms with Gasteiger partial charge in [-0.3, -0.25) is 0 Å². The van der Waals surface area contributed by atoms with Crippen LogP contribution in [0, 0.1) is 5.82 Å². The van der Waals surface area contributed by atoms with Crippen LogP contribution in [0.2, 0.25) is 5.02 Å². The Labute approximate surface area is 196 Å². The number of piperazine rings is 1. The molecule has 3 heterocycles. The van der Waals surface area contributed by atoms with Gasteiger partial charge in [0.15, 0.2) is 5.82 Å². The fraction of sp³-hybridized carbons (Fsp3) is 0.320. The zero-order chi connectivity index (χ0) is 22.4. The summed E-state index contributed by atoms with van der Waals surface area (Å²) in [5, 5.41) is 5.61. The van der Waals surface area contributed by atoms with Crippen LogP contribution in [0.4, 0.5) is 15.9 Å². The zero-order valence-corrected chi connectivity index (χ0v) is 19.0. The SMILES string of the molecule is Fc1ccc(N2CCN(c3c4c(nc5nc(Cc6ccc(Cl)cc6)nn35)CCC4)CC2)cc1. The van der Waals surface area contributed by atoms with Gasteiger partial charge >= 0.3 is 0 Å². The third kappa shape index (κ3) is 3.91. The minimum Gasteiger partial charge on any atom is -0.368 e. The van der Waals surface area contributed by atoms with Crippen molar-refractivity contribution in [3.63, 3.8) is 0 Å². The maximum absolute atomic E-state index is 13.3. The fourth-order valence-corrected chi connectivity index (χ4v) is 5.04. The van der Waals surface area contributed by atoms with Crippen molar-refractivity contribution in [1.82, 2.24) is 19.6 Å². The smallest absolute Gasteiger partial charge is 0.254 e. The molecule has 0 N–H and O–H groups in total. The highest BCUT2D eigenvalue weighted by atomic mass is 35.5. The summed E-state index contributed by atoms with van der Waals surface area (Å²) in [6.45, 7) is 3.48. The molecular weight excluding hydrogens is 439 g/mol. The highest BCUT2D eigenvalue weighted by molar-refractivity contribution is 6.30. The molecule has 2 aromatic heterocycles. The van der Waals surface area contributed by atoms with E-state index in [-0.39, 0.29) is 5.82 Å². The maximum atomic E-state index is 13.3. The van der Waals surface area contributed by atoms with Gasteiger partial charge in [-0.2, -0.15) is 9.50 Å². The van der Waals surface area contributed by atoms with Crippen molar-refractivity contribution in [2.75, 3.05) is 36.0 Å². The molecular formula is C25H24ClFN6. The minimum absolute atomic E-state index is 0.201. The molecule has 2 aliphatic rings. The molecule has 1 aliphatic carbocycles. The van der Waals surface area contributed by atoms with Crippen LogP contribution in [-0.4, -0.2) is 45.8 Å². The molecule has 0 saturated carbocycles. The number of anilines is 2. The van der Waals surface area contributed by atoms with Crippen molar-refractivity contribution < 1.29 is 4.39 Å². The molecule has 168 valence electrons. The second-order valence-corrected chi connectivity index (χ2v) is 9.14. The van der Waals surface area contributed by atoms with E-state index in [2.05, 4.69) is 9.80 Å². The lowest BCUT2D eigenvalue weighted by atomic mass is 10.1. The predicted octanol–water partition coefficient (Wildman–Crippen LogP) is 4.32. The number of halogens is 2. The van der Waals surface area contributed by atoms with Gasteiger partial charge in [0.25, 0.3) is 5.78 Å². The number of hydrogen-bond acceptors (Lipinski definition) is 5. The summed E-state index contributed by atoms with van der Waals surface area (Å²) in [5.74, 6) is 2.38. The second kappa shape index (κ2) is 8.30. The van der Waals surface area contributed by atoms with Crippen LogP contribution < -0.4 is 9.80 Å². The molecule has 2 aromatic carbocycles. The molecule has 1 saturated heterocycles. The Hall–Kier alpha value is -3.19. The molecule has 1 aliphatic heterocycles. The summed E-state index contributed by atoms with van der Waals surface area (Å²) in [4.78, 5) is 14.3. The van der Waals surface area contributed by atoms with E-state index in [1.165, 1.54) is 17.7 Å². The summed E-state index contributed by atoms with van der Waals surface area (Å²) >= 11 is 6.03. The van der Waals surface area contributed by atoms with E-state index in [1.807, 2.05) is 40.9 Å². The highest BCUT2D eigenvalue weighted by Gasteiger charge is 2.28. The molecule has 6 rings (SSSR count). The Morgan fingerprint density at radius 2 is 1.58 bits per heavy atom. The van der Waals surface area contributed by atoms with Crippen molar-refractivity contribution in [3.8, 4) is 0 Å². The topological polar surface area (TPSA) is 49.6 Å². The molecule has 0 atom stereocenters. The van der Waals surface area contributed by atoms with Gasteiger partial charge in [-0.15, -0.1) is 5.10 Å². The Bertz CT molecular complexity index is 1290. The molecule has 0 unspecified atom stereocenters. The van der Waals surface area contributed by atoms with Gasteiger partial charge < -0.3 is 9.80 Å². The largest absolute Gasteiger partial charge is 0.368 e. The van der Waals surface area contributed by atoms with Crippen LogP contribution in [-0.2, 0) is 19.3 Å². The number of aryl methyl sites for hydroxylation is 1. The van der Waals surface area contributed by atoms with E-state index >= 15 is 0 Å². The molecule has 0 amide bonds. The molecule has 4 aromatic rings. The van der Waals surface area contributed by atoms with Crippen molar-refractivity contribution in [2.24, 2.45) is 0 Å². The number of aromatic nitrogens is 4. The first-order chi connectivity index (χ1) is 16.1. The number of hydrogen-bond donors (Lipinski definition) is 0. The predicted molar refractivity (Wildman–Crippen MR) is 128 cm³/mol. The second-order valence-electron chi connectivity index (χ2n) is 8.71. The van der Waals surface area contributed by atoms with E-state index in [4.69, 9.17) is 26.7 Å². The normalized spacial score (nSPS) is 15.9. The van der Waals surface area contributed by atoms with Crippen molar-refractivity contribution in [3.05, 3.63) is 82.0 Å². The first-order valence-corrected chi connectivity index (χ1v) is 11.8. The third-order valence-corrected chi connectivity index (χ3v) is 6.83. The van der Waals surface area contributed by atoms with Crippen LogP contribution in [0.1, 0.15) is 29.1 Å². The van der Waals surface area contributed by atoms with Gasteiger partial charge in [-0.05, 0) is 61.2 Å². The van der Waals surface area contributed by atoms with Gasteiger partial charge in [0.2, 0.25) is 0 Å². The Morgan fingerprint density at radius 1 is 0.848 bits per heavy atom. The number of benzene rings is 2. The summed E-state index contributed by atoms with van der Waals surface area (Å²) in [5.41, 5.74) is 4.65. The van der Waals surface area contributed by atoms with Gasteiger partial charge in [0.05, 0.1) is 5.69 Å². The van der Waals surface area contributed by atoms with Gasteiger partial charge in [-0.1, -0.05) is 23.7 Å². The van der Waals surface area contributed by atoms with Gasteiger partial charge in [-0.25, -0.2) is 9.37 Å². The highest BCUT2D eigenvalue weighted by Crippen LogP contribution is 2.32. The molecule has 0 spiro atoms. The monoisotopic (exact) mass is 462 g/mol. The summed E-state index contributed by atoms with van der Waals surface area (Å²) in [7, 11) is 0. The van der Waals surface area contributed by atoms with E-state index in [0.717, 1.165) is 79.1 Å². The van der Waals surface area contributed by atoms with Crippen molar-refractivity contribution in [1.29, 1.82) is 0 Å². The van der Waals surface area contributed by atoms with E-state index in [0.29, 0.717) is 12.2 Å². The standard InChI is InChI=1S/C25H24ClFN6/c26-18-6-4-17(5-7-18)16-23-29-25-28-22-3-1-2-21(22)24(33(25)30-23)32-14-12-31(13-15-32)20-10-8-19(27)9-11-20/h4-11H,1-3,12-16H2.